The van der Waals surface area contributed by atoms with Gasteiger partial charge >= 0.3 is 0 Å². The predicted molar refractivity (Wildman–Crippen MR) is 81.5 cm³/mol. The lowest BCUT2D eigenvalue weighted by atomic mass is 9.94. The molecule has 1 aromatic carbocycles. The summed E-state index contributed by atoms with van der Waals surface area (Å²) in [6.07, 6.45) is 0. The quantitative estimate of drug-likeness (QED) is 0.832. The van der Waals surface area contributed by atoms with Crippen LogP contribution in [0.5, 0.6) is 5.75 Å². The molecule has 1 aromatic rings. The number of benzene rings is 1. The fourth-order valence-corrected chi connectivity index (χ4v) is 2.19. The number of hydrogen-bond acceptors (Lipinski definition) is 3. The Hall–Kier alpha value is -1.55. The Morgan fingerprint density at radius 2 is 1.90 bits per heavy atom. The summed E-state index contributed by atoms with van der Waals surface area (Å²) in [7, 11) is 1.64. The van der Waals surface area contributed by atoms with Gasteiger partial charge in [0.05, 0.1) is 13.0 Å². The minimum Gasteiger partial charge on any atom is -0.497 e. The smallest absolute Gasteiger partial charge is 0.227 e. The zero-order valence-electron chi connectivity index (χ0n) is 12.9. The first kappa shape index (κ1) is 16.5. The van der Waals surface area contributed by atoms with Crippen molar-refractivity contribution in [3.63, 3.8) is 0 Å². The van der Waals surface area contributed by atoms with E-state index in [4.69, 9.17) is 10.5 Å². The van der Waals surface area contributed by atoms with E-state index in [1.165, 1.54) is 0 Å². The predicted octanol–water partition coefficient (Wildman–Crippen LogP) is 2.27. The van der Waals surface area contributed by atoms with Gasteiger partial charge in [0.2, 0.25) is 5.91 Å². The SMILES string of the molecule is CCN(Cc1ccc(OC)cc1)C(=O)C(CN)C(C)C. The van der Waals surface area contributed by atoms with Gasteiger partial charge in [0.15, 0.2) is 0 Å². The molecular weight excluding hydrogens is 252 g/mol. The summed E-state index contributed by atoms with van der Waals surface area (Å²) in [6, 6.07) is 7.80. The highest BCUT2D eigenvalue weighted by atomic mass is 16.5. The summed E-state index contributed by atoms with van der Waals surface area (Å²) < 4.78 is 5.14. The third-order valence-electron chi connectivity index (χ3n) is 3.60. The van der Waals surface area contributed by atoms with Crippen LogP contribution in [0.1, 0.15) is 26.3 Å². The summed E-state index contributed by atoms with van der Waals surface area (Å²) in [4.78, 5) is 14.4. The molecule has 0 radical (unpaired) electrons. The average Bonchev–Trinajstić information content (AvgIpc) is 2.45. The molecule has 0 bridgehead atoms. The highest BCUT2D eigenvalue weighted by Gasteiger charge is 2.25. The van der Waals surface area contributed by atoms with Crippen molar-refractivity contribution in [2.75, 3.05) is 20.2 Å². The lowest BCUT2D eigenvalue weighted by molar-refractivity contribution is -0.137. The zero-order chi connectivity index (χ0) is 15.1. The van der Waals surface area contributed by atoms with Crippen LogP contribution in [-0.2, 0) is 11.3 Å². The largest absolute Gasteiger partial charge is 0.497 e. The van der Waals surface area contributed by atoms with Gasteiger partial charge < -0.3 is 15.4 Å². The molecule has 20 heavy (non-hydrogen) atoms. The van der Waals surface area contributed by atoms with Crippen LogP contribution in [0, 0.1) is 11.8 Å². The summed E-state index contributed by atoms with van der Waals surface area (Å²) in [5.74, 6) is 1.12. The van der Waals surface area contributed by atoms with Crippen molar-refractivity contribution in [1.29, 1.82) is 0 Å². The van der Waals surface area contributed by atoms with Gasteiger partial charge in [-0.15, -0.1) is 0 Å². The maximum atomic E-state index is 12.5. The first-order valence-corrected chi connectivity index (χ1v) is 7.15. The van der Waals surface area contributed by atoms with Crippen LogP contribution in [0.25, 0.3) is 0 Å². The van der Waals surface area contributed by atoms with Crippen LogP contribution in [0.4, 0.5) is 0 Å². The molecule has 0 aromatic heterocycles. The molecule has 0 aliphatic carbocycles. The Bertz CT molecular complexity index is 415. The highest BCUT2D eigenvalue weighted by Crippen LogP contribution is 2.17. The van der Waals surface area contributed by atoms with Crippen molar-refractivity contribution in [3.8, 4) is 5.75 Å². The van der Waals surface area contributed by atoms with E-state index in [-0.39, 0.29) is 17.7 Å². The number of methoxy groups -OCH3 is 1. The standard InChI is InChI=1S/C16H26N2O2/c1-5-18(16(19)15(10-17)12(2)3)11-13-6-8-14(20-4)9-7-13/h6-9,12,15H,5,10-11,17H2,1-4H3. The highest BCUT2D eigenvalue weighted by molar-refractivity contribution is 5.79. The molecule has 0 saturated heterocycles. The lowest BCUT2D eigenvalue weighted by Crippen LogP contribution is -2.40. The van der Waals surface area contributed by atoms with Gasteiger partial charge in [-0.3, -0.25) is 4.79 Å². The monoisotopic (exact) mass is 278 g/mol. The van der Waals surface area contributed by atoms with Crippen LogP contribution in [0.2, 0.25) is 0 Å². The summed E-state index contributed by atoms with van der Waals surface area (Å²) >= 11 is 0. The molecule has 4 nitrogen and oxygen atoms in total. The second-order valence-electron chi connectivity index (χ2n) is 5.29. The van der Waals surface area contributed by atoms with E-state index in [2.05, 4.69) is 0 Å². The van der Waals surface area contributed by atoms with E-state index in [9.17, 15) is 4.79 Å². The van der Waals surface area contributed by atoms with Gasteiger partial charge in [-0.2, -0.15) is 0 Å². The molecular formula is C16H26N2O2. The summed E-state index contributed by atoms with van der Waals surface area (Å²) in [5.41, 5.74) is 6.83. The van der Waals surface area contributed by atoms with Crippen molar-refractivity contribution >= 4 is 5.91 Å². The van der Waals surface area contributed by atoms with Crippen LogP contribution in [0.15, 0.2) is 24.3 Å². The first-order chi connectivity index (χ1) is 9.53. The molecule has 112 valence electrons. The Morgan fingerprint density at radius 3 is 2.30 bits per heavy atom. The Morgan fingerprint density at radius 1 is 1.30 bits per heavy atom. The zero-order valence-corrected chi connectivity index (χ0v) is 12.9. The Labute approximate surface area is 121 Å². The van der Waals surface area contributed by atoms with Gasteiger partial charge in [0, 0.05) is 19.6 Å². The van der Waals surface area contributed by atoms with E-state index >= 15 is 0 Å². The van der Waals surface area contributed by atoms with Gasteiger partial charge in [-0.1, -0.05) is 26.0 Å². The minimum atomic E-state index is -0.104. The maximum absolute atomic E-state index is 12.5. The first-order valence-electron chi connectivity index (χ1n) is 7.15. The van der Waals surface area contributed by atoms with E-state index < -0.39 is 0 Å². The van der Waals surface area contributed by atoms with E-state index in [1.54, 1.807) is 7.11 Å². The molecule has 1 atom stereocenters. The van der Waals surface area contributed by atoms with E-state index in [1.807, 2.05) is 49.9 Å². The van der Waals surface area contributed by atoms with Gasteiger partial charge in [-0.05, 0) is 30.5 Å². The van der Waals surface area contributed by atoms with Crippen molar-refractivity contribution in [1.82, 2.24) is 4.90 Å². The summed E-state index contributed by atoms with van der Waals surface area (Å²) in [6.45, 7) is 7.77. The van der Waals surface area contributed by atoms with Gasteiger partial charge in [0.1, 0.15) is 5.75 Å². The number of hydrogen-bond donors (Lipinski definition) is 1. The molecule has 0 spiro atoms. The van der Waals surface area contributed by atoms with Crippen LogP contribution >= 0.6 is 0 Å². The van der Waals surface area contributed by atoms with Gasteiger partial charge in [0.25, 0.3) is 0 Å². The third kappa shape index (κ3) is 4.23. The van der Waals surface area contributed by atoms with Crippen molar-refractivity contribution in [3.05, 3.63) is 29.8 Å². The fourth-order valence-electron chi connectivity index (χ4n) is 2.19. The maximum Gasteiger partial charge on any atom is 0.227 e. The van der Waals surface area contributed by atoms with Crippen molar-refractivity contribution in [2.24, 2.45) is 17.6 Å². The fraction of sp³-hybridized carbons (Fsp3) is 0.562. The number of rotatable bonds is 7. The number of nitrogens with two attached hydrogens (primary N) is 1. The Kier molecular flexibility index (Phi) is 6.52. The Balaban J connectivity index is 2.77. The molecule has 0 saturated carbocycles. The van der Waals surface area contributed by atoms with Gasteiger partial charge in [-0.25, -0.2) is 0 Å². The van der Waals surface area contributed by atoms with Crippen molar-refractivity contribution < 1.29 is 9.53 Å². The molecule has 0 heterocycles. The lowest BCUT2D eigenvalue weighted by Gasteiger charge is -2.27. The number of nitrogens with zero attached hydrogens (tertiary/aromatic N) is 1. The molecule has 0 aliphatic rings. The number of ether oxygens (including phenoxy) is 1. The molecule has 4 heteroatoms. The normalized spacial score (nSPS) is 12.3. The number of carbonyl (C=O) groups is 1. The van der Waals surface area contributed by atoms with Crippen LogP contribution in [-0.4, -0.2) is 31.0 Å². The number of carbonyl (C=O) groups excluding carboxylic acids is 1. The van der Waals surface area contributed by atoms with Crippen LogP contribution in [0.3, 0.4) is 0 Å². The molecule has 0 fully saturated rings. The molecule has 1 rings (SSSR count). The second kappa shape index (κ2) is 7.90. The van der Waals surface area contributed by atoms with Crippen LogP contribution < -0.4 is 10.5 Å². The van der Waals surface area contributed by atoms with E-state index in [0.29, 0.717) is 19.6 Å². The molecule has 1 unspecified atom stereocenters. The second-order valence-corrected chi connectivity index (χ2v) is 5.29. The molecule has 2 N–H and O–H groups in total. The average molecular weight is 278 g/mol. The summed E-state index contributed by atoms with van der Waals surface area (Å²) in [5, 5.41) is 0. The van der Waals surface area contributed by atoms with Crippen molar-refractivity contribution in [2.45, 2.75) is 27.3 Å². The minimum absolute atomic E-state index is 0.104. The van der Waals surface area contributed by atoms with E-state index in [0.717, 1.165) is 11.3 Å². The topological polar surface area (TPSA) is 55.6 Å². The molecule has 1 amide bonds. The third-order valence-corrected chi connectivity index (χ3v) is 3.60. The molecule has 0 aliphatic heterocycles. The number of amides is 1.